The summed E-state index contributed by atoms with van der Waals surface area (Å²) in [6, 6.07) is 1.56. The molecule has 0 radical (unpaired) electrons. The van der Waals surface area contributed by atoms with Gasteiger partial charge in [-0.15, -0.1) is 0 Å². The monoisotopic (exact) mass is 250 g/mol. The molecule has 0 spiro atoms. The number of piperidine rings is 1. The number of amides is 1. The van der Waals surface area contributed by atoms with Gasteiger partial charge in [-0.05, 0) is 39.7 Å². The Labute approximate surface area is 107 Å². The van der Waals surface area contributed by atoms with Gasteiger partial charge >= 0.3 is 6.09 Å². The van der Waals surface area contributed by atoms with Gasteiger partial charge in [0, 0.05) is 13.1 Å². The molecule has 0 N–H and O–H groups in total. The van der Waals surface area contributed by atoms with Gasteiger partial charge in [0.1, 0.15) is 11.7 Å². The molecule has 1 fully saturated rings. The average molecular weight is 250 g/mol. The Balaban J connectivity index is 2.50. The number of ketones is 1. The fourth-order valence-electron chi connectivity index (χ4n) is 1.66. The highest BCUT2D eigenvalue weighted by Crippen LogP contribution is 2.18. The number of hydrogen-bond donors (Lipinski definition) is 0. The lowest BCUT2D eigenvalue weighted by Gasteiger charge is -2.30. The van der Waals surface area contributed by atoms with Gasteiger partial charge in [0.05, 0.1) is 0 Å². The summed E-state index contributed by atoms with van der Waals surface area (Å²) in [5.74, 6) is -0.532. The van der Waals surface area contributed by atoms with E-state index in [0.717, 1.165) is 5.57 Å². The van der Waals surface area contributed by atoms with E-state index in [-0.39, 0.29) is 6.09 Å². The van der Waals surface area contributed by atoms with E-state index < -0.39 is 11.4 Å². The summed E-state index contributed by atoms with van der Waals surface area (Å²) in [5.41, 5.74) is 0.422. The van der Waals surface area contributed by atoms with Crippen LogP contribution in [-0.4, -0.2) is 35.5 Å². The quantitative estimate of drug-likeness (QED) is 0.527. The normalized spacial score (nSPS) is 15.9. The molecule has 0 aliphatic carbocycles. The second-order valence-electron chi connectivity index (χ2n) is 5.25. The summed E-state index contributed by atoms with van der Waals surface area (Å²) in [5, 5.41) is 8.40. The number of nitrogens with zero attached hydrogens (tertiary/aromatic N) is 2. The molecule has 18 heavy (non-hydrogen) atoms. The van der Waals surface area contributed by atoms with E-state index in [2.05, 4.69) is 0 Å². The van der Waals surface area contributed by atoms with Crippen molar-refractivity contribution >= 4 is 11.9 Å². The Morgan fingerprint density at radius 1 is 1.33 bits per heavy atom. The average Bonchev–Trinajstić information content (AvgIpc) is 2.27. The third-order valence-electron chi connectivity index (χ3n) is 2.50. The van der Waals surface area contributed by atoms with Crippen molar-refractivity contribution in [3.63, 3.8) is 0 Å². The van der Waals surface area contributed by atoms with Gasteiger partial charge in [-0.1, -0.05) is 5.57 Å². The van der Waals surface area contributed by atoms with Crippen molar-refractivity contribution in [2.75, 3.05) is 13.1 Å². The maximum absolute atomic E-state index is 11.8. The van der Waals surface area contributed by atoms with Crippen LogP contribution in [0.3, 0.4) is 0 Å². The van der Waals surface area contributed by atoms with Crippen LogP contribution in [-0.2, 0) is 9.53 Å². The molecule has 98 valence electrons. The zero-order valence-electron chi connectivity index (χ0n) is 11.0. The highest BCUT2D eigenvalue weighted by atomic mass is 16.6. The minimum Gasteiger partial charge on any atom is -0.444 e. The van der Waals surface area contributed by atoms with Gasteiger partial charge in [0.2, 0.25) is 0 Å². The number of allylic oxidation sites excluding steroid dienone is 1. The summed E-state index contributed by atoms with van der Waals surface area (Å²) < 4.78 is 5.26. The van der Waals surface area contributed by atoms with Crippen LogP contribution in [0.2, 0.25) is 0 Å². The summed E-state index contributed by atoms with van der Waals surface area (Å²) in [4.78, 5) is 24.3. The third-order valence-corrected chi connectivity index (χ3v) is 2.50. The number of likely N-dealkylation sites (tertiary alicyclic amines) is 1. The highest BCUT2D eigenvalue weighted by molar-refractivity contribution is 6.02. The molecule has 0 saturated carbocycles. The van der Waals surface area contributed by atoms with Gasteiger partial charge in [-0.3, -0.25) is 4.79 Å². The third kappa shape index (κ3) is 4.58. The standard InChI is InChI=1S/C13H18N2O3/c1-13(2,3)18-12(17)15-6-4-10(5-7-15)8-11(16)9-14/h8H,4-7H2,1-3H3. The lowest BCUT2D eigenvalue weighted by atomic mass is 10.0. The van der Waals surface area contributed by atoms with Crippen LogP contribution < -0.4 is 0 Å². The van der Waals surface area contributed by atoms with Gasteiger partial charge in [-0.25, -0.2) is 4.79 Å². The van der Waals surface area contributed by atoms with Crippen molar-refractivity contribution in [3.8, 4) is 6.07 Å². The van der Waals surface area contributed by atoms with E-state index in [1.54, 1.807) is 11.0 Å². The molecule has 0 unspecified atom stereocenters. The summed E-state index contributed by atoms with van der Waals surface area (Å²) in [7, 11) is 0. The highest BCUT2D eigenvalue weighted by Gasteiger charge is 2.24. The van der Waals surface area contributed by atoms with Gasteiger partial charge < -0.3 is 9.64 Å². The van der Waals surface area contributed by atoms with Crippen molar-refractivity contribution in [3.05, 3.63) is 11.6 Å². The molecule has 1 saturated heterocycles. The van der Waals surface area contributed by atoms with E-state index in [4.69, 9.17) is 10.00 Å². The summed E-state index contributed by atoms with van der Waals surface area (Å²) in [6.45, 7) is 6.53. The van der Waals surface area contributed by atoms with E-state index >= 15 is 0 Å². The first kappa shape index (κ1) is 14.2. The Bertz CT molecular complexity index is 403. The Morgan fingerprint density at radius 2 is 1.89 bits per heavy atom. The molecule has 0 bridgehead atoms. The topological polar surface area (TPSA) is 70.4 Å². The first-order valence-corrected chi connectivity index (χ1v) is 5.93. The van der Waals surface area contributed by atoms with Crippen molar-refractivity contribution < 1.29 is 14.3 Å². The fraction of sp³-hybridized carbons (Fsp3) is 0.615. The first-order chi connectivity index (χ1) is 8.31. The molecule has 1 heterocycles. The molecule has 0 aromatic heterocycles. The lowest BCUT2D eigenvalue weighted by Crippen LogP contribution is -2.40. The van der Waals surface area contributed by atoms with Crippen LogP contribution >= 0.6 is 0 Å². The fourth-order valence-corrected chi connectivity index (χ4v) is 1.66. The molecule has 1 amide bonds. The van der Waals surface area contributed by atoms with Crippen LogP contribution in [0.25, 0.3) is 0 Å². The number of nitriles is 1. The van der Waals surface area contributed by atoms with Crippen molar-refractivity contribution in [2.24, 2.45) is 0 Å². The predicted molar refractivity (Wildman–Crippen MR) is 65.7 cm³/mol. The molecule has 0 atom stereocenters. The zero-order valence-corrected chi connectivity index (χ0v) is 11.0. The summed E-state index contributed by atoms with van der Waals surface area (Å²) in [6.07, 6.45) is 2.28. The van der Waals surface area contributed by atoms with Crippen LogP contribution in [0.5, 0.6) is 0 Å². The molecule has 1 aliphatic rings. The predicted octanol–water partition coefficient (Wildman–Crippen LogP) is 2.04. The second kappa shape index (κ2) is 5.67. The number of carbonyl (C=O) groups is 2. The summed E-state index contributed by atoms with van der Waals surface area (Å²) >= 11 is 0. The minimum atomic E-state index is -0.532. The van der Waals surface area contributed by atoms with Crippen LogP contribution in [0.1, 0.15) is 33.6 Å². The number of hydrogen-bond acceptors (Lipinski definition) is 4. The van der Waals surface area contributed by atoms with E-state index in [1.165, 1.54) is 6.08 Å². The Kier molecular flexibility index (Phi) is 4.49. The van der Waals surface area contributed by atoms with Crippen LogP contribution in [0, 0.1) is 11.3 Å². The minimum absolute atomic E-state index is 0.326. The zero-order chi connectivity index (χ0) is 13.8. The maximum atomic E-state index is 11.8. The molecular weight excluding hydrogens is 232 g/mol. The Morgan fingerprint density at radius 3 is 2.33 bits per heavy atom. The van der Waals surface area contributed by atoms with E-state index in [1.807, 2.05) is 20.8 Å². The lowest BCUT2D eigenvalue weighted by molar-refractivity contribution is -0.109. The molecular formula is C13H18N2O3. The number of rotatable bonds is 1. The van der Waals surface area contributed by atoms with Gasteiger partial charge in [0.25, 0.3) is 5.78 Å². The van der Waals surface area contributed by atoms with E-state index in [0.29, 0.717) is 25.9 Å². The smallest absolute Gasteiger partial charge is 0.410 e. The molecule has 5 nitrogen and oxygen atoms in total. The number of ether oxygens (including phenoxy) is 1. The maximum Gasteiger partial charge on any atom is 0.410 e. The molecule has 1 aliphatic heterocycles. The van der Waals surface area contributed by atoms with Crippen LogP contribution in [0.4, 0.5) is 4.79 Å². The largest absolute Gasteiger partial charge is 0.444 e. The van der Waals surface area contributed by atoms with E-state index in [9.17, 15) is 9.59 Å². The Hall–Kier alpha value is -1.83. The first-order valence-electron chi connectivity index (χ1n) is 5.93. The SMILES string of the molecule is CC(C)(C)OC(=O)N1CCC(=CC(=O)C#N)CC1. The molecule has 0 aromatic rings. The molecule has 0 aromatic carbocycles. The van der Waals surface area contributed by atoms with Crippen molar-refractivity contribution in [1.29, 1.82) is 5.26 Å². The number of carbonyl (C=O) groups excluding carboxylic acids is 2. The molecule has 5 heteroatoms. The van der Waals surface area contributed by atoms with Crippen LogP contribution in [0.15, 0.2) is 11.6 Å². The van der Waals surface area contributed by atoms with Crippen molar-refractivity contribution in [1.82, 2.24) is 4.90 Å². The van der Waals surface area contributed by atoms with Gasteiger partial charge in [0.15, 0.2) is 0 Å². The van der Waals surface area contributed by atoms with Crippen molar-refractivity contribution in [2.45, 2.75) is 39.2 Å². The van der Waals surface area contributed by atoms with Gasteiger partial charge in [-0.2, -0.15) is 5.26 Å². The second-order valence-corrected chi connectivity index (χ2v) is 5.25. The molecule has 1 rings (SSSR count).